The second-order valence-corrected chi connectivity index (χ2v) is 2.83. The minimum Gasteiger partial charge on any atom is -0.464 e. The van der Waals surface area contributed by atoms with E-state index in [1.165, 1.54) is 0 Å². The molecule has 82 valence electrons. The van der Waals surface area contributed by atoms with E-state index in [1.54, 1.807) is 37.3 Å². The molecule has 5 nitrogen and oxygen atoms in total. The van der Waals surface area contributed by atoms with Gasteiger partial charge in [-0.1, -0.05) is 18.2 Å². The van der Waals surface area contributed by atoms with Crippen LogP contribution in [0.3, 0.4) is 0 Å². The number of hydrogen-bond acceptors (Lipinski definition) is 5. The molecule has 5 heteroatoms. The van der Waals surface area contributed by atoms with Gasteiger partial charge in [0.15, 0.2) is 0 Å². The van der Waals surface area contributed by atoms with Crippen LogP contribution in [0.25, 0.3) is 0 Å². The smallest absolute Gasteiger partial charge is 0.347 e. The van der Waals surface area contributed by atoms with Gasteiger partial charge in [-0.2, -0.15) is 15.5 Å². The SMILES string of the molecule is CCOC(=O)C(C#N)N=Nc1ccccc1. The third-order valence-corrected chi connectivity index (χ3v) is 1.68. The number of ether oxygens (including phenoxy) is 1. The lowest BCUT2D eigenvalue weighted by molar-refractivity contribution is -0.143. The third kappa shape index (κ3) is 3.50. The van der Waals surface area contributed by atoms with Gasteiger partial charge in [0.05, 0.1) is 12.3 Å². The summed E-state index contributed by atoms with van der Waals surface area (Å²) in [5.74, 6) is -0.676. The van der Waals surface area contributed by atoms with Crippen molar-refractivity contribution in [2.24, 2.45) is 10.2 Å². The molecule has 0 aliphatic heterocycles. The molecule has 0 amide bonds. The van der Waals surface area contributed by atoms with Gasteiger partial charge >= 0.3 is 5.97 Å². The van der Waals surface area contributed by atoms with Crippen LogP contribution in [0, 0.1) is 11.3 Å². The lowest BCUT2D eigenvalue weighted by atomic mass is 10.3. The molecule has 0 bridgehead atoms. The molecular weight excluding hydrogens is 206 g/mol. The van der Waals surface area contributed by atoms with Crippen molar-refractivity contribution in [3.8, 4) is 6.07 Å². The summed E-state index contributed by atoms with van der Waals surface area (Å²) in [6.45, 7) is 1.89. The fourth-order valence-corrected chi connectivity index (χ4v) is 0.966. The normalized spacial score (nSPS) is 12.0. The van der Waals surface area contributed by atoms with E-state index >= 15 is 0 Å². The van der Waals surface area contributed by atoms with Crippen molar-refractivity contribution in [3.05, 3.63) is 30.3 Å². The lowest BCUT2D eigenvalue weighted by Gasteiger charge is -2.01. The van der Waals surface area contributed by atoms with E-state index in [0.717, 1.165) is 0 Å². The molecule has 1 aromatic carbocycles. The van der Waals surface area contributed by atoms with Gasteiger partial charge in [0.1, 0.15) is 6.07 Å². The topological polar surface area (TPSA) is 74.8 Å². The van der Waals surface area contributed by atoms with Crippen LogP contribution in [0.5, 0.6) is 0 Å². The molecule has 0 aliphatic carbocycles. The molecule has 1 aromatic rings. The summed E-state index contributed by atoms with van der Waals surface area (Å²) in [7, 11) is 0. The Labute approximate surface area is 93.4 Å². The van der Waals surface area contributed by atoms with Gasteiger partial charge in [-0.05, 0) is 19.1 Å². The Balaban J connectivity index is 2.68. The molecule has 1 unspecified atom stereocenters. The summed E-state index contributed by atoms with van der Waals surface area (Å²) >= 11 is 0. The Morgan fingerprint density at radius 2 is 2.19 bits per heavy atom. The van der Waals surface area contributed by atoms with E-state index in [2.05, 4.69) is 15.0 Å². The van der Waals surface area contributed by atoms with Crippen molar-refractivity contribution in [2.75, 3.05) is 6.61 Å². The van der Waals surface area contributed by atoms with Gasteiger partial charge in [0.2, 0.25) is 0 Å². The predicted molar refractivity (Wildman–Crippen MR) is 57.0 cm³/mol. The Morgan fingerprint density at radius 1 is 1.50 bits per heavy atom. The molecule has 1 atom stereocenters. The zero-order chi connectivity index (χ0) is 11.8. The largest absolute Gasteiger partial charge is 0.464 e. The standard InChI is InChI=1S/C11H11N3O2/c1-2-16-11(15)10(8-12)14-13-9-6-4-3-5-7-9/h3-7,10H,2H2,1H3. The van der Waals surface area contributed by atoms with Crippen molar-refractivity contribution in [2.45, 2.75) is 13.0 Å². The predicted octanol–water partition coefficient (Wildman–Crippen LogP) is 2.23. The summed E-state index contributed by atoms with van der Waals surface area (Å²) < 4.78 is 4.67. The lowest BCUT2D eigenvalue weighted by Crippen LogP contribution is -2.19. The monoisotopic (exact) mass is 217 g/mol. The fourth-order valence-electron chi connectivity index (χ4n) is 0.966. The molecule has 0 radical (unpaired) electrons. The number of esters is 1. The zero-order valence-corrected chi connectivity index (χ0v) is 8.83. The average molecular weight is 217 g/mol. The van der Waals surface area contributed by atoms with Crippen LogP contribution in [0.4, 0.5) is 5.69 Å². The Morgan fingerprint density at radius 3 is 2.75 bits per heavy atom. The number of rotatable bonds is 4. The minimum absolute atomic E-state index is 0.220. The zero-order valence-electron chi connectivity index (χ0n) is 8.83. The van der Waals surface area contributed by atoms with Crippen LogP contribution in [-0.4, -0.2) is 18.6 Å². The average Bonchev–Trinajstić information content (AvgIpc) is 2.31. The summed E-state index contributed by atoms with van der Waals surface area (Å²) in [5, 5.41) is 16.1. The maximum absolute atomic E-state index is 11.2. The summed E-state index contributed by atoms with van der Waals surface area (Å²) in [5.41, 5.74) is 0.590. The van der Waals surface area contributed by atoms with Crippen LogP contribution >= 0.6 is 0 Å². The van der Waals surface area contributed by atoms with Gasteiger partial charge in [-0.25, -0.2) is 4.79 Å². The molecule has 1 rings (SSSR count). The second-order valence-electron chi connectivity index (χ2n) is 2.83. The van der Waals surface area contributed by atoms with E-state index in [-0.39, 0.29) is 6.61 Å². The van der Waals surface area contributed by atoms with Crippen molar-refractivity contribution in [1.29, 1.82) is 5.26 Å². The summed E-state index contributed by atoms with van der Waals surface area (Å²) in [4.78, 5) is 11.2. The van der Waals surface area contributed by atoms with E-state index in [4.69, 9.17) is 5.26 Å². The molecule has 0 aromatic heterocycles. The van der Waals surface area contributed by atoms with E-state index in [1.807, 2.05) is 6.07 Å². The first-order chi connectivity index (χ1) is 7.77. The quantitative estimate of drug-likeness (QED) is 0.573. The number of carbonyl (C=O) groups is 1. The molecule has 0 heterocycles. The molecule has 16 heavy (non-hydrogen) atoms. The van der Waals surface area contributed by atoms with Crippen LogP contribution in [0.1, 0.15) is 6.92 Å². The van der Waals surface area contributed by atoms with E-state index in [9.17, 15) is 4.79 Å². The fraction of sp³-hybridized carbons (Fsp3) is 0.273. The molecule has 0 saturated heterocycles. The highest BCUT2D eigenvalue weighted by molar-refractivity contribution is 5.78. The molecule has 0 N–H and O–H groups in total. The van der Waals surface area contributed by atoms with Gasteiger partial charge in [-0.15, -0.1) is 0 Å². The summed E-state index contributed by atoms with van der Waals surface area (Å²) in [6, 6.07) is 9.40. The highest BCUT2D eigenvalue weighted by atomic mass is 16.5. The number of carbonyl (C=O) groups excluding carboxylic acids is 1. The maximum Gasteiger partial charge on any atom is 0.347 e. The number of azo groups is 1. The molecular formula is C11H11N3O2. The molecule has 0 saturated carbocycles. The van der Waals surface area contributed by atoms with Crippen LogP contribution < -0.4 is 0 Å². The molecule has 0 fully saturated rings. The van der Waals surface area contributed by atoms with Gasteiger partial charge in [-0.3, -0.25) is 0 Å². The Bertz CT molecular complexity index is 409. The first kappa shape index (κ1) is 11.9. The van der Waals surface area contributed by atoms with Crippen LogP contribution in [0.2, 0.25) is 0 Å². The number of hydrogen-bond donors (Lipinski definition) is 0. The van der Waals surface area contributed by atoms with Crippen molar-refractivity contribution >= 4 is 11.7 Å². The highest BCUT2D eigenvalue weighted by Gasteiger charge is 2.17. The highest BCUT2D eigenvalue weighted by Crippen LogP contribution is 2.11. The van der Waals surface area contributed by atoms with E-state index in [0.29, 0.717) is 5.69 Å². The first-order valence-corrected chi connectivity index (χ1v) is 4.80. The summed E-state index contributed by atoms with van der Waals surface area (Å²) in [6.07, 6.45) is 0. The maximum atomic E-state index is 11.2. The van der Waals surface area contributed by atoms with Gasteiger partial charge in [0.25, 0.3) is 6.04 Å². The Kier molecular flexibility index (Phi) is 4.67. The minimum atomic E-state index is -1.19. The number of nitriles is 1. The van der Waals surface area contributed by atoms with Crippen LogP contribution in [-0.2, 0) is 9.53 Å². The first-order valence-electron chi connectivity index (χ1n) is 4.80. The third-order valence-electron chi connectivity index (χ3n) is 1.68. The van der Waals surface area contributed by atoms with Crippen molar-refractivity contribution < 1.29 is 9.53 Å². The van der Waals surface area contributed by atoms with Crippen molar-refractivity contribution in [1.82, 2.24) is 0 Å². The van der Waals surface area contributed by atoms with Crippen LogP contribution in [0.15, 0.2) is 40.6 Å². The Hall–Kier alpha value is -2.22. The van der Waals surface area contributed by atoms with E-state index < -0.39 is 12.0 Å². The van der Waals surface area contributed by atoms with Gasteiger partial charge in [0, 0.05) is 0 Å². The van der Waals surface area contributed by atoms with Crippen molar-refractivity contribution in [3.63, 3.8) is 0 Å². The molecule has 0 spiro atoms. The number of benzene rings is 1. The second kappa shape index (κ2) is 6.30. The molecule has 0 aliphatic rings. The van der Waals surface area contributed by atoms with Gasteiger partial charge < -0.3 is 4.74 Å². The number of nitrogens with zero attached hydrogens (tertiary/aromatic N) is 3.